The zero-order chi connectivity index (χ0) is 18.2. The number of rotatable bonds is 7. The lowest BCUT2D eigenvalue weighted by Gasteiger charge is -2.18. The largest absolute Gasteiger partial charge is 0.354 e. The first-order chi connectivity index (χ1) is 12.0. The first-order valence-electron chi connectivity index (χ1n) is 8.71. The molecule has 1 aromatic heterocycles. The monoisotopic (exact) mass is 358 g/mol. The fourth-order valence-corrected chi connectivity index (χ4v) is 3.78. The molecular weight excluding hydrogens is 328 g/mol. The summed E-state index contributed by atoms with van der Waals surface area (Å²) in [5.41, 5.74) is 2.59. The summed E-state index contributed by atoms with van der Waals surface area (Å²) in [4.78, 5) is 9.30. The highest BCUT2D eigenvalue weighted by molar-refractivity contribution is 7.11. The summed E-state index contributed by atoms with van der Waals surface area (Å²) in [6, 6.07) is 13.4. The highest BCUT2D eigenvalue weighted by Gasteiger charge is 2.08. The molecule has 136 valence electrons. The van der Waals surface area contributed by atoms with Crippen LogP contribution in [0.1, 0.15) is 27.8 Å². The van der Waals surface area contributed by atoms with E-state index in [2.05, 4.69) is 84.9 Å². The Bertz CT molecular complexity index is 691. The number of nitrogens with zero attached hydrogens (tertiary/aromatic N) is 2. The van der Waals surface area contributed by atoms with Gasteiger partial charge >= 0.3 is 0 Å². The van der Waals surface area contributed by atoms with E-state index in [0.717, 1.165) is 25.5 Å². The van der Waals surface area contributed by atoms with Crippen LogP contribution < -0.4 is 10.6 Å². The minimum Gasteiger partial charge on any atom is -0.354 e. The van der Waals surface area contributed by atoms with Crippen molar-refractivity contribution in [2.75, 3.05) is 21.1 Å². The summed E-state index contributed by atoms with van der Waals surface area (Å²) in [6.45, 7) is 6.07. The van der Waals surface area contributed by atoms with Gasteiger partial charge in [-0.15, -0.1) is 11.3 Å². The highest BCUT2D eigenvalue weighted by atomic mass is 32.1. The van der Waals surface area contributed by atoms with Crippen molar-refractivity contribution < 1.29 is 0 Å². The number of hydrogen-bond acceptors (Lipinski definition) is 3. The van der Waals surface area contributed by atoms with E-state index in [1.165, 1.54) is 20.9 Å². The van der Waals surface area contributed by atoms with Crippen LogP contribution in [0.4, 0.5) is 0 Å². The molecule has 5 heteroatoms. The summed E-state index contributed by atoms with van der Waals surface area (Å²) in [5.74, 6) is 0.846. The minimum atomic E-state index is 0.337. The van der Waals surface area contributed by atoms with E-state index in [1.807, 2.05) is 18.4 Å². The molecule has 0 aliphatic rings. The normalized spacial score (nSPS) is 13.1. The van der Waals surface area contributed by atoms with E-state index >= 15 is 0 Å². The zero-order valence-electron chi connectivity index (χ0n) is 16.0. The molecule has 0 saturated carbocycles. The van der Waals surface area contributed by atoms with E-state index in [4.69, 9.17) is 0 Å². The lowest BCUT2D eigenvalue weighted by Crippen LogP contribution is -2.42. The van der Waals surface area contributed by atoms with Crippen molar-refractivity contribution in [1.82, 2.24) is 15.5 Å². The Hall–Kier alpha value is -1.85. The molecule has 0 aliphatic heterocycles. The van der Waals surface area contributed by atoms with Gasteiger partial charge in [0, 0.05) is 42.4 Å². The van der Waals surface area contributed by atoms with Crippen molar-refractivity contribution in [1.29, 1.82) is 0 Å². The molecule has 0 bridgehead atoms. The maximum absolute atomic E-state index is 4.35. The average Bonchev–Trinajstić information content (AvgIpc) is 2.96. The molecule has 2 N–H and O–H groups in total. The van der Waals surface area contributed by atoms with Gasteiger partial charge in [0.2, 0.25) is 0 Å². The molecule has 25 heavy (non-hydrogen) atoms. The molecule has 0 fully saturated rings. The number of nitrogens with one attached hydrogen (secondary N) is 2. The predicted octanol–water partition coefficient (Wildman–Crippen LogP) is 3.41. The molecule has 2 aromatic rings. The quantitative estimate of drug-likeness (QED) is 0.588. The third kappa shape index (κ3) is 6.88. The second-order valence-electron chi connectivity index (χ2n) is 6.75. The molecule has 0 spiro atoms. The number of aliphatic imine (C=N–C) groups is 1. The predicted molar refractivity (Wildman–Crippen MR) is 109 cm³/mol. The highest BCUT2D eigenvalue weighted by Crippen LogP contribution is 2.16. The summed E-state index contributed by atoms with van der Waals surface area (Å²) < 4.78 is 0. The lowest BCUT2D eigenvalue weighted by atomic mass is 10.1. The lowest BCUT2D eigenvalue weighted by molar-refractivity contribution is 0.402. The topological polar surface area (TPSA) is 39.7 Å². The van der Waals surface area contributed by atoms with Crippen molar-refractivity contribution in [2.24, 2.45) is 4.99 Å². The molecule has 4 nitrogen and oxygen atoms in total. The fraction of sp³-hybridized carbons (Fsp3) is 0.450. The summed E-state index contributed by atoms with van der Waals surface area (Å²) >= 11 is 1.86. The Morgan fingerprint density at radius 1 is 1.20 bits per heavy atom. The van der Waals surface area contributed by atoms with Crippen LogP contribution in [0, 0.1) is 6.92 Å². The third-order valence-corrected chi connectivity index (χ3v) is 4.88. The van der Waals surface area contributed by atoms with E-state index in [9.17, 15) is 0 Å². The molecule has 2 rings (SSSR count). The van der Waals surface area contributed by atoms with Gasteiger partial charge in [-0.05, 0) is 51.2 Å². The van der Waals surface area contributed by atoms with Gasteiger partial charge in [0.15, 0.2) is 5.96 Å². The third-order valence-electron chi connectivity index (χ3n) is 3.86. The average molecular weight is 359 g/mol. The number of aryl methyl sites for hydroxylation is 1. The maximum Gasteiger partial charge on any atom is 0.191 e. The Labute approximate surface area is 156 Å². The molecule has 1 atom stereocenters. The SMILES string of the molecule is CN=C(NCc1cccc(CN(C)C)c1)NC(C)Cc1ccc(C)s1. The van der Waals surface area contributed by atoms with Crippen molar-refractivity contribution in [3.63, 3.8) is 0 Å². The van der Waals surface area contributed by atoms with Gasteiger partial charge in [0.05, 0.1) is 0 Å². The van der Waals surface area contributed by atoms with Gasteiger partial charge in [0.25, 0.3) is 0 Å². The Morgan fingerprint density at radius 3 is 2.60 bits per heavy atom. The van der Waals surface area contributed by atoms with Crippen LogP contribution in [0.25, 0.3) is 0 Å². The van der Waals surface area contributed by atoms with Gasteiger partial charge in [0.1, 0.15) is 0 Å². The van der Waals surface area contributed by atoms with E-state index in [-0.39, 0.29) is 0 Å². The maximum atomic E-state index is 4.35. The van der Waals surface area contributed by atoms with Crippen LogP contribution in [0.15, 0.2) is 41.4 Å². The zero-order valence-corrected chi connectivity index (χ0v) is 16.8. The standard InChI is InChI=1S/C20H30N4S/c1-15(11-19-10-9-16(2)25-19)23-20(21-3)22-13-17-7-6-8-18(12-17)14-24(4)5/h6-10,12,15H,11,13-14H2,1-5H3,(H2,21,22,23). The second kappa shape index (κ2) is 9.59. The van der Waals surface area contributed by atoms with Crippen LogP contribution in [0.5, 0.6) is 0 Å². The smallest absolute Gasteiger partial charge is 0.191 e. The summed E-state index contributed by atoms with van der Waals surface area (Å²) in [6.07, 6.45) is 1.01. The van der Waals surface area contributed by atoms with Crippen molar-refractivity contribution in [3.05, 3.63) is 57.3 Å². The van der Waals surface area contributed by atoms with Crippen LogP contribution in [0.2, 0.25) is 0 Å². The molecule has 0 aliphatic carbocycles. The molecule has 0 saturated heterocycles. The first kappa shape index (κ1) is 19.5. The van der Waals surface area contributed by atoms with Crippen molar-refractivity contribution in [2.45, 2.75) is 39.4 Å². The summed E-state index contributed by atoms with van der Waals surface area (Å²) in [5, 5.41) is 6.90. The Balaban J connectivity index is 1.85. The van der Waals surface area contributed by atoms with Crippen LogP contribution >= 0.6 is 11.3 Å². The molecule has 1 heterocycles. The van der Waals surface area contributed by atoms with Gasteiger partial charge in [-0.25, -0.2) is 0 Å². The molecule has 1 aromatic carbocycles. The molecule has 0 amide bonds. The van der Waals surface area contributed by atoms with Crippen LogP contribution in [-0.4, -0.2) is 38.0 Å². The van der Waals surface area contributed by atoms with Crippen molar-refractivity contribution >= 4 is 17.3 Å². The van der Waals surface area contributed by atoms with Gasteiger partial charge in [-0.3, -0.25) is 4.99 Å². The number of hydrogen-bond donors (Lipinski definition) is 2. The van der Waals surface area contributed by atoms with Crippen LogP contribution in [-0.2, 0) is 19.5 Å². The first-order valence-corrected chi connectivity index (χ1v) is 9.53. The number of thiophene rings is 1. The Morgan fingerprint density at radius 2 is 1.96 bits per heavy atom. The molecule has 1 unspecified atom stereocenters. The van der Waals surface area contributed by atoms with Gasteiger partial charge < -0.3 is 15.5 Å². The van der Waals surface area contributed by atoms with Gasteiger partial charge in [-0.1, -0.05) is 24.3 Å². The molecule has 0 radical (unpaired) electrons. The molecular formula is C20H30N4S. The minimum absolute atomic E-state index is 0.337. The van der Waals surface area contributed by atoms with Gasteiger partial charge in [-0.2, -0.15) is 0 Å². The Kier molecular flexibility index (Phi) is 7.47. The van der Waals surface area contributed by atoms with Crippen molar-refractivity contribution in [3.8, 4) is 0 Å². The fourth-order valence-electron chi connectivity index (χ4n) is 2.76. The number of guanidine groups is 1. The van der Waals surface area contributed by atoms with E-state index in [1.54, 1.807) is 0 Å². The van der Waals surface area contributed by atoms with E-state index < -0.39 is 0 Å². The summed E-state index contributed by atoms with van der Waals surface area (Å²) in [7, 11) is 6.00. The number of benzene rings is 1. The second-order valence-corrected chi connectivity index (χ2v) is 8.12. The van der Waals surface area contributed by atoms with E-state index in [0.29, 0.717) is 6.04 Å². The van der Waals surface area contributed by atoms with Crippen LogP contribution in [0.3, 0.4) is 0 Å².